The number of allylic oxidation sites excluding steroid dienone is 1. The van der Waals surface area contributed by atoms with Gasteiger partial charge in [-0.3, -0.25) is 19.5 Å². The normalized spacial score (nSPS) is 15.6. The van der Waals surface area contributed by atoms with E-state index in [1.54, 1.807) is 39.0 Å². The number of carbonyl (C=O) groups excluding carboxylic acids is 1. The summed E-state index contributed by atoms with van der Waals surface area (Å²) in [5, 5.41) is 11.6. The van der Waals surface area contributed by atoms with Gasteiger partial charge in [0, 0.05) is 11.6 Å². The third-order valence-corrected chi connectivity index (χ3v) is 6.62. The zero-order valence-corrected chi connectivity index (χ0v) is 20.0. The van der Waals surface area contributed by atoms with E-state index >= 15 is 0 Å². The van der Waals surface area contributed by atoms with Crippen molar-refractivity contribution in [1.29, 1.82) is 0 Å². The summed E-state index contributed by atoms with van der Waals surface area (Å²) in [7, 11) is 0. The summed E-state index contributed by atoms with van der Waals surface area (Å²) in [5.74, 6) is -0.607. The van der Waals surface area contributed by atoms with Crippen LogP contribution in [-0.4, -0.2) is 22.1 Å². The first-order valence-corrected chi connectivity index (χ1v) is 11.5. The fraction of sp³-hybridized carbons (Fsp3) is 0.240. The molecule has 2 aromatic carbocycles. The quantitative estimate of drug-likeness (QED) is 0.319. The van der Waals surface area contributed by atoms with E-state index in [0.717, 1.165) is 11.1 Å². The summed E-state index contributed by atoms with van der Waals surface area (Å²) < 4.78 is 7.14. The van der Waals surface area contributed by atoms with Crippen LogP contribution < -0.4 is 14.9 Å². The Morgan fingerprint density at radius 2 is 1.91 bits per heavy atom. The second kappa shape index (κ2) is 9.18. The lowest BCUT2D eigenvalue weighted by Gasteiger charge is -2.24. The molecule has 174 valence electrons. The molecule has 0 saturated carbocycles. The SMILES string of the molecule is CCOC(=O)C1=C(C)N=c2s/c(=C/c3ccc(C)cc3)c(=O)n2[C@@H]1c1ccc(C)c([N+](=O)[O-])c1. The van der Waals surface area contributed by atoms with Crippen molar-refractivity contribution in [3.05, 3.63) is 106 Å². The highest BCUT2D eigenvalue weighted by molar-refractivity contribution is 7.07. The number of benzene rings is 2. The van der Waals surface area contributed by atoms with Gasteiger partial charge in [-0.15, -0.1) is 0 Å². The Kier molecular flexibility index (Phi) is 6.30. The van der Waals surface area contributed by atoms with Gasteiger partial charge in [0.1, 0.15) is 0 Å². The molecule has 0 fully saturated rings. The van der Waals surface area contributed by atoms with Crippen LogP contribution in [0.2, 0.25) is 0 Å². The van der Waals surface area contributed by atoms with Crippen molar-refractivity contribution in [2.45, 2.75) is 33.7 Å². The zero-order valence-electron chi connectivity index (χ0n) is 19.2. The summed E-state index contributed by atoms with van der Waals surface area (Å²) in [6.07, 6.45) is 1.78. The number of aryl methyl sites for hydroxylation is 2. The van der Waals surface area contributed by atoms with Crippen LogP contribution in [0.4, 0.5) is 5.69 Å². The molecule has 1 atom stereocenters. The topological polar surface area (TPSA) is 104 Å². The first kappa shape index (κ1) is 23.3. The summed E-state index contributed by atoms with van der Waals surface area (Å²) in [6.45, 7) is 7.14. The van der Waals surface area contributed by atoms with E-state index in [1.165, 1.54) is 22.0 Å². The van der Waals surface area contributed by atoms with E-state index in [2.05, 4.69) is 4.99 Å². The molecule has 0 aliphatic carbocycles. The number of ether oxygens (including phenoxy) is 1. The van der Waals surface area contributed by atoms with Crippen LogP contribution in [0, 0.1) is 24.0 Å². The van der Waals surface area contributed by atoms with Crippen molar-refractivity contribution < 1.29 is 14.5 Å². The molecule has 0 spiro atoms. The van der Waals surface area contributed by atoms with E-state index in [1.807, 2.05) is 31.2 Å². The molecule has 0 radical (unpaired) electrons. The Bertz CT molecular complexity index is 1510. The lowest BCUT2D eigenvalue weighted by atomic mass is 9.94. The summed E-state index contributed by atoms with van der Waals surface area (Å²) in [4.78, 5) is 42.6. The molecule has 0 saturated heterocycles. The van der Waals surface area contributed by atoms with Crippen molar-refractivity contribution in [1.82, 2.24) is 4.57 Å². The van der Waals surface area contributed by atoms with E-state index in [4.69, 9.17) is 4.74 Å². The molecule has 0 N–H and O–H groups in total. The molecule has 1 aliphatic heterocycles. The van der Waals surface area contributed by atoms with Crippen molar-refractivity contribution >= 4 is 29.1 Å². The van der Waals surface area contributed by atoms with Gasteiger partial charge in [-0.1, -0.05) is 53.3 Å². The Balaban J connectivity index is 1.98. The van der Waals surface area contributed by atoms with Crippen molar-refractivity contribution in [2.75, 3.05) is 6.61 Å². The Labute approximate surface area is 199 Å². The molecule has 8 nitrogen and oxygen atoms in total. The highest BCUT2D eigenvalue weighted by atomic mass is 32.1. The highest BCUT2D eigenvalue weighted by Gasteiger charge is 2.34. The van der Waals surface area contributed by atoms with Gasteiger partial charge in [0.05, 0.1) is 33.4 Å². The van der Waals surface area contributed by atoms with Gasteiger partial charge in [0.15, 0.2) is 4.80 Å². The molecule has 0 amide bonds. The molecule has 1 aliphatic rings. The number of fused-ring (bicyclic) bond motifs is 1. The predicted octanol–water partition coefficient (Wildman–Crippen LogP) is 3.32. The molecular weight excluding hydrogens is 454 g/mol. The summed E-state index contributed by atoms with van der Waals surface area (Å²) in [6, 6.07) is 11.6. The van der Waals surface area contributed by atoms with Crippen LogP contribution in [0.5, 0.6) is 0 Å². The lowest BCUT2D eigenvalue weighted by Crippen LogP contribution is -2.40. The van der Waals surface area contributed by atoms with Gasteiger partial charge >= 0.3 is 5.97 Å². The largest absolute Gasteiger partial charge is 0.463 e. The molecule has 9 heteroatoms. The maximum absolute atomic E-state index is 13.6. The van der Waals surface area contributed by atoms with Crippen LogP contribution in [-0.2, 0) is 9.53 Å². The molecule has 0 bridgehead atoms. The number of rotatable bonds is 5. The van der Waals surface area contributed by atoms with Crippen LogP contribution >= 0.6 is 11.3 Å². The number of nitro groups is 1. The minimum absolute atomic E-state index is 0.0860. The van der Waals surface area contributed by atoms with Crippen molar-refractivity contribution in [3.8, 4) is 0 Å². The van der Waals surface area contributed by atoms with E-state index in [-0.39, 0.29) is 23.4 Å². The summed E-state index contributed by atoms with van der Waals surface area (Å²) in [5.41, 5.74) is 3.08. The lowest BCUT2D eigenvalue weighted by molar-refractivity contribution is -0.385. The monoisotopic (exact) mass is 477 g/mol. The molecule has 3 aromatic rings. The van der Waals surface area contributed by atoms with Gasteiger partial charge in [0.2, 0.25) is 0 Å². The van der Waals surface area contributed by atoms with Crippen LogP contribution in [0.3, 0.4) is 0 Å². The van der Waals surface area contributed by atoms with Gasteiger partial charge in [-0.05, 0) is 44.9 Å². The molecule has 34 heavy (non-hydrogen) atoms. The van der Waals surface area contributed by atoms with Gasteiger partial charge < -0.3 is 4.74 Å². The van der Waals surface area contributed by atoms with E-state index in [9.17, 15) is 19.7 Å². The second-order valence-corrected chi connectivity index (χ2v) is 9.03. The number of hydrogen-bond acceptors (Lipinski definition) is 7. The third kappa shape index (κ3) is 4.22. The van der Waals surface area contributed by atoms with Gasteiger partial charge in [-0.25, -0.2) is 9.79 Å². The number of aromatic nitrogens is 1. The fourth-order valence-electron chi connectivity index (χ4n) is 3.91. The summed E-state index contributed by atoms with van der Waals surface area (Å²) >= 11 is 1.21. The van der Waals surface area contributed by atoms with Gasteiger partial charge in [-0.2, -0.15) is 0 Å². The molecular formula is C25H23N3O5S. The fourth-order valence-corrected chi connectivity index (χ4v) is 4.96. The number of esters is 1. The van der Waals surface area contributed by atoms with Crippen LogP contribution in [0.1, 0.15) is 42.1 Å². The van der Waals surface area contributed by atoms with E-state index in [0.29, 0.717) is 26.2 Å². The predicted molar refractivity (Wildman–Crippen MR) is 129 cm³/mol. The smallest absolute Gasteiger partial charge is 0.338 e. The molecule has 1 aromatic heterocycles. The minimum atomic E-state index is -0.894. The standard InChI is InChI=1S/C25H23N3O5S/c1-5-33-24(30)21-16(4)26-25-27(22(21)18-11-8-15(3)19(13-18)28(31)32)23(29)20(34-25)12-17-9-6-14(2)7-10-17/h6-13,22H,5H2,1-4H3/b20-12+/t22-/m1/s1. The zero-order chi connectivity index (χ0) is 24.6. The molecule has 4 rings (SSSR count). The first-order chi connectivity index (χ1) is 16.2. The Morgan fingerprint density at radius 1 is 1.21 bits per heavy atom. The maximum Gasteiger partial charge on any atom is 0.338 e. The number of thiazole rings is 1. The van der Waals surface area contributed by atoms with Crippen LogP contribution in [0.15, 0.2) is 63.5 Å². The number of nitro benzene ring substituents is 1. The minimum Gasteiger partial charge on any atom is -0.463 e. The number of hydrogen-bond donors (Lipinski definition) is 0. The maximum atomic E-state index is 13.6. The van der Waals surface area contributed by atoms with Crippen molar-refractivity contribution in [3.63, 3.8) is 0 Å². The molecule has 2 heterocycles. The average Bonchev–Trinajstić information content (AvgIpc) is 3.09. The molecule has 0 unspecified atom stereocenters. The second-order valence-electron chi connectivity index (χ2n) is 8.02. The van der Waals surface area contributed by atoms with Gasteiger partial charge in [0.25, 0.3) is 11.2 Å². The highest BCUT2D eigenvalue weighted by Crippen LogP contribution is 2.33. The van der Waals surface area contributed by atoms with Crippen LogP contribution in [0.25, 0.3) is 6.08 Å². The Morgan fingerprint density at radius 3 is 2.56 bits per heavy atom. The first-order valence-electron chi connectivity index (χ1n) is 10.7. The number of carbonyl (C=O) groups is 1. The number of nitrogens with zero attached hydrogens (tertiary/aromatic N) is 3. The third-order valence-electron chi connectivity index (χ3n) is 5.64. The van der Waals surface area contributed by atoms with E-state index < -0.39 is 16.9 Å². The Hall–Kier alpha value is -3.85. The average molecular weight is 478 g/mol. The van der Waals surface area contributed by atoms with Crippen molar-refractivity contribution in [2.24, 2.45) is 4.99 Å².